The Hall–Kier alpha value is -3.06. The van der Waals surface area contributed by atoms with Crippen LogP contribution in [0.15, 0.2) is 60.8 Å². The Morgan fingerprint density at radius 2 is 1.86 bits per heavy atom. The molecule has 0 bridgehead atoms. The van der Waals surface area contributed by atoms with E-state index in [2.05, 4.69) is 27.0 Å². The molecule has 2 heterocycles. The van der Waals surface area contributed by atoms with Crippen molar-refractivity contribution < 1.29 is 13.9 Å². The van der Waals surface area contributed by atoms with Crippen LogP contribution in [-0.2, 0) is 6.54 Å². The maximum Gasteiger partial charge on any atom is 0.174 e. The van der Waals surface area contributed by atoms with Gasteiger partial charge in [-0.3, -0.25) is 0 Å². The molecule has 7 heteroatoms. The van der Waals surface area contributed by atoms with Crippen molar-refractivity contribution in [1.82, 2.24) is 9.47 Å². The van der Waals surface area contributed by atoms with Gasteiger partial charge >= 0.3 is 0 Å². The van der Waals surface area contributed by atoms with Gasteiger partial charge in [-0.15, -0.1) is 0 Å². The van der Waals surface area contributed by atoms with E-state index in [9.17, 15) is 4.39 Å². The molecular weight excluding hydrogens is 389 g/mol. The molecule has 0 fully saturated rings. The molecule has 4 rings (SSSR count). The molecule has 0 spiro atoms. The van der Waals surface area contributed by atoms with Crippen LogP contribution in [0.3, 0.4) is 0 Å². The third-order valence-electron chi connectivity index (χ3n) is 5.13. The Morgan fingerprint density at radius 1 is 1.07 bits per heavy atom. The van der Waals surface area contributed by atoms with Crippen molar-refractivity contribution >= 4 is 23.0 Å². The number of thiocarbonyl (C=S) groups is 1. The van der Waals surface area contributed by atoms with Crippen LogP contribution in [0.2, 0.25) is 0 Å². The van der Waals surface area contributed by atoms with E-state index in [4.69, 9.17) is 21.7 Å². The summed E-state index contributed by atoms with van der Waals surface area (Å²) < 4.78 is 26.5. The van der Waals surface area contributed by atoms with Gasteiger partial charge in [-0.2, -0.15) is 0 Å². The predicted molar refractivity (Wildman–Crippen MR) is 115 cm³/mol. The molecule has 1 aromatic heterocycles. The lowest BCUT2D eigenvalue weighted by Gasteiger charge is -2.39. The normalized spacial score (nSPS) is 15.6. The summed E-state index contributed by atoms with van der Waals surface area (Å²) in [6.07, 6.45) is 2.06. The van der Waals surface area contributed by atoms with Gasteiger partial charge in [0.05, 0.1) is 25.9 Å². The fourth-order valence-corrected chi connectivity index (χ4v) is 4.00. The van der Waals surface area contributed by atoms with Crippen molar-refractivity contribution in [1.29, 1.82) is 0 Å². The lowest BCUT2D eigenvalue weighted by Crippen LogP contribution is -2.44. The Morgan fingerprint density at radius 3 is 2.59 bits per heavy atom. The van der Waals surface area contributed by atoms with Crippen LogP contribution in [0.1, 0.15) is 17.3 Å². The number of fused-ring (bicyclic) bond motifs is 1. The van der Waals surface area contributed by atoms with E-state index in [0.717, 1.165) is 30.0 Å². The van der Waals surface area contributed by atoms with Crippen molar-refractivity contribution in [2.24, 2.45) is 0 Å². The molecule has 0 radical (unpaired) electrons. The molecule has 0 aliphatic carbocycles. The Balaban J connectivity index is 1.67. The minimum Gasteiger partial charge on any atom is -0.497 e. The first-order valence-electron chi connectivity index (χ1n) is 9.31. The zero-order valence-electron chi connectivity index (χ0n) is 16.3. The maximum absolute atomic E-state index is 13.5. The topological polar surface area (TPSA) is 38.7 Å². The number of halogens is 1. The fourth-order valence-electron chi connectivity index (χ4n) is 3.70. The number of hydrogen-bond acceptors (Lipinski definition) is 3. The maximum atomic E-state index is 13.5. The standard InChI is InChI=1S/C22H22FN3O2S/c1-27-17-9-10-20(28-2)18(14-17)24-22(29)26-13-12-25-11-3-4-19(25)21(26)15-5-7-16(23)8-6-15/h3-11,14,21H,12-13H2,1-2H3,(H,24,29)/t21-/m0/s1. The summed E-state index contributed by atoms with van der Waals surface area (Å²) in [4.78, 5) is 2.12. The highest BCUT2D eigenvalue weighted by Crippen LogP contribution is 2.34. The van der Waals surface area contributed by atoms with E-state index in [1.165, 1.54) is 12.1 Å². The van der Waals surface area contributed by atoms with E-state index < -0.39 is 0 Å². The number of ether oxygens (including phenoxy) is 2. The molecule has 3 aromatic rings. The molecule has 2 aromatic carbocycles. The van der Waals surface area contributed by atoms with Crippen LogP contribution >= 0.6 is 12.2 Å². The Labute approximate surface area is 174 Å². The van der Waals surface area contributed by atoms with Crippen molar-refractivity contribution in [3.8, 4) is 11.5 Å². The second kappa shape index (κ2) is 8.13. The lowest BCUT2D eigenvalue weighted by molar-refractivity contribution is 0.293. The predicted octanol–water partition coefficient (Wildman–Crippen LogP) is 4.45. The summed E-state index contributed by atoms with van der Waals surface area (Å²) in [6.45, 7) is 1.54. The van der Waals surface area contributed by atoms with Gasteiger partial charge in [0.25, 0.3) is 0 Å². The Kier molecular flexibility index (Phi) is 5.40. The number of hydrogen-bond donors (Lipinski definition) is 1. The molecule has 0 amide bonds. The first-order chi connectivity index (χ1) is 14.1. The van der Waals surface area contributed by atoms with Gasteiger partial charge in [0.15, 0.2) is 5.11 Å². The highest BCUT2D eigenvalue weighted by Gasteiger charge is 2.30. The number of nitrogens with zero attached hydrogens (tertiary/aromatic N) is 2. The van der Waals surface area contributed by atoms with Crippen molar-refractivity contribution in [3.05, 3.63) is 77.9 Å². The van der Waals surface area contributed by atoms with Gasteiger partial charge in [0.1, 0.15) is 17.3 Å². The number of benzene rings is 2. The van der Waals surface area contributed by atoms with Gasteiger partial charge in [-0.25, -0.2) is 4.39 Å². The van der Waals surface area contributed by atoms with Crippen LogP contribution in [0, 0.1) is 5.82 Å². The first-order valence-corrected chi connectivity index (χ1v) is 9.71. The zero-order chi connectivity index (χ0) is 20.4. The first kappa shape index (κ1) is 19.3. The number of methoxy groups -OCH3 is 2. The van der Waals surface area contributed by atoms with Crippen LogP contribution in [-0.4, -0.2) is 35.3 Å². The number of anilines is 1. The third kappa shape index (κ3) is 3.78. The highest BCUT2D eigenvalue weighted by atomic mass is 32.1. The van der Waals surface area contributed by atoms with Crippen molar-refractivity contribution in [2.45, 2.75) is 12.6 Å². The molecule has 1 aliphatic rings. The van der Waals surface area contributed by atoms with Crippen LogP contribution in [0.25, 0.3) is 0 Å². The average Bonchev–Trinajstić information content (AvgIpc) is 3.22. The zero-order valence-corrected chi connectivity index (χ0v) is 17.1. The quantitative estimate of drug-likeness (QED) is 0.643. The second-order valence-electron chi connectivity index (χ2n) is 6.77. The van der Waals surface area contributed by atoms with Crippen LogP contribution < -0.4 is 14.8 Å². The fraction of sp³-hybridized carbons (Fsp3) is 0.227. The van der Waals surface area contributed by atoms with Gasteiger partial charge in [0, 0.05) is 31.0 Å². The molecule has 0 saturated carbocycles. The lowest BCUT2D eigenvalue weighted by atomic mass is 10.0. The number of nitrogens with one attached hydrogen (secondary N) is 1. The van der Waals surface area contributed by atoms with Gasteiger partial charge < -0.3 is 24.3 Å². The molecule has 0 saturated heterocycles. The SMILES string of the molecule is COc1ccc(OC)c(NC(=S)N2CCn3cccc3[C@@H]2c2ccc(F)cc2)c1. The monoisotopic (exact) mass is 411 g/mol. The van der Waals surface area contributed by atoms with Crippen molar-refractivity contribution in [3.63, 3.8) is 0 Å². The molecule has 1 N–H and O–H groups in total. The third-order valence-corrected chi connectivity index (χ3v) is 5.47. The number of aromatic nitrogens is 1. The summed E-state index contributed by atoms with van der Waals surface area (Å²) in [7, 11) is 3.23. The largest absolute Gasteiger partial charge is 0.497 e. The number of rotatable bonds is 4. The van der Waals surface area contributed by atoms with Gasteiger partial charge in [-0.1, -0.05) is 12.1 Å². The Bertz CT molecular complexity index is 1020. The molecule has 5 nitrogen and oxygen atoms in total. The summed E-state index contributed by atoms with van der Waals surface area (Å²) in [6, 6.07) is 16.1. The molecule has 1 aliphatic heterocycles. The summed E-state index contributed by atoms with van der Waals surface area (Å²) in [5, 5.41) is 3.88. The van der Waals surface area contributed by atoms with E-state index in [1.54, 1.807) is 14.2 Å². The molecule has 150 valence electrons. The van der Waals surface area contributed by atoms with E-state index >= 15 is 0 Å². The molecule has 29 heavy (non-hydrogen) atoms. The summed E-state index contributed by atoms with van der Waals surface area (Å²) in [5.74, 6) is 1.12. The van der Waals surface area contributed by atoms with Crippen LogP contribution in [0.5, 0.6) is 11.5 Å². The highest BCUT2D eigenvalue weighted by molar-refractivity contribution is 7.80. The van der Waals surface area contributed by atoms with E-state index in [-0.39, 0.29) is 11.9 Å². The van der Waals surface area contributed by atoms with Crippen LogP contribution in [0.4, 0.5) is 10.1 Å². The van der Waals surface area contributed by atoms with Gasteiger partial charge in [0.2, 0.25) is 0 Å². The molecular formula is C22H22FN3O2S. The summed E-state index contributed by atoms with van der Waals surface area (Å²) >= 11 is 5.78. The second-order valence-corrected chi connectivity index (χ2v) is 7.16. The van der Waals surface area contributed by atoms with E-state index in [1.807, 2.05) is 36.4 Å². The van der Waals surface area contributed by atoms with E-state index in [0.29, 0.717) is 16.6 Å². The molecule has 0 unspecified atom stereocenters. The van der Waals surface area contributed by atoms with Crippen molar-refractivity contribution in [2.75, 3.05) is 26.1 Å². The minimum atomic E-state index is -0.256. The van der Waals surface area contributed by atoms with Gasteiger partial charge in [-0.05, 0) is 54.2 Å². The average molecular weight is 412 g/mol. The minimum absolute atomic E-state index is 0.115. The summed E-state index contributed by atoms with van der Waals surface area (Å²) in [5.41, 5.74) is 2.83. The smallest absolute Gasteiger partial charge is 0.174 e. The molecule has 1 atom stereocenters.